The second kappa shape index (κ2) is 7.38. The zero-order chi connectivity index (χ0) is 17.3. The average Bonchev–Trinajstić information content (AvgIpc) is 3.03. The number of hydrogen-bond donors (Lipinski definition) is 0. The van der Waals surface area contributed by atoms with Crippen molar-refractivity contribution in [2.45, 2.75) is 77.8 Å². The van der Waals surface area contributed by atoms with Crippen LogP contribution >= 0.6 is 0 Å². The lowest BCUT2D eigenvalue weighted by atomic mass is 9.73. The summed E-state index contributed by atoms with van der Waals surface area (Å²) in [6.45, 7) is 10.9. The molecule has 24 heavy (non-hydrogen) atoms. The van der Waals surface area contributed by atoms with E-state index in [1.54, 1.807) is 0 Å². The molecule has 4 nitrogen and oxygen atoms in total. The number of rotatable bonds is 6. The van der Waals surface area contributed by atoms with Crippen LogP contribution in [0.5, 0.6) is 0 Å². The average molecular weight is 332 g/mol. The normalized spacial score (nSPS) is 27.2. The molecule has 134 valence electrons. The summed E-state index contributed by atoms with van der Waals surface area (Å²) in [5, 5.41) is 4.62. The van der Waals surface area contributed by atoms with Gasteiger partial charge >= 0.3 is 0 Å². The molecular weight excluding hydrogens is 298 g/mol. The van der Waals surface area contributed by atoms with Crippen molar-refractivity contribution in [3.05, 3.63) is 18.0 Å². The van der Waals surface area contributed by atoms with Gasteiger partial charge in [0.15, 0.2) is 0 Å². The summed E-state index contributed by atoms with van der Waals surface area (Å²) in [7, 11) is 0. The summed E-state index contributed by atoms with van der Waals surface area (Å²) >= 11 is 0. The molecule has 2 heterocycles. The maximum atomic E-state index is 12.0. The van der Waals surface area contributed by atoms with Crippen molar-refractivity contribution in [1.29, 1.82) is 0 Å². The SMILES string of the molecule is CCC(C)c1cnn(C2CCN(C3CC(C(=O)C(C)C)C3)CC2)c1. The number of Topliss-reactive ketones (excluding diaryl/α,β-unsaturated/α-hetero) is 1. The molecule has 0 radical (unpaired) electrons. The van der Waals surface area contributed by atoms with E-state index in [2.05, 4.69) is 40.9 Å². The van der Waals surface area contributed by atoms with Crippen molar-refractivity contribution >= 4 is 5.78 Å². The number of carbonyl (C=O) groups excluding carboxylic acids is 1. The van der Waals surface area contributed by atoms with Gasteiger partial charge in [-0.15, -0.1) is 0 Å². The van der Waals surface area contributed by atoms with Crippen LogP contribution in [0.4, 0.5) is 0 Å². The molecule has 0 spiro atoms. The standard InChI is InChI=1S/C20H33N3O/c1-5-15(4)17-12-21-23(13-17)18-6-8-22(9-7-18)19-10-16(11-19)20(24)14(2)3/h12-16,18-19H,5-11H2,1-4H3. The highest BCUT2D eigenvalue weighted by Gasteiger charge is 2.39. The van der Waals surface area contributed by atoms with E-state index >= 15 is 0 Å². The topological polar surface area (TPSA) is 38.1 Å². The predicted molar refractivity (Wildman–Crippen MR) is 97.1 cm³/mol. The molecule has 1 unspecified atom stereocenters. The number of piperidine rings is 1. The van der Waals surface area contributed by atoms with Gasteiger partial charge in [-0.05, 0) is 43.6 Å². The van der Waals surface area contributed by atoms with Crippen LogP contribution in [-0.2, 0) is 4.79 Å². The highest BCUT2D eigenvalue weighted by atomic mass is 16.1. The van der Waals surface area contributed by atoms with Gasteiger partial charge in [0.1, 0.15) is 5.78 Å². The van der Waals surface area contributed by atoms with E-state index in [-0.39, 0.29) is 5.92 Å². The Morgan fingerprint density at radius 2 is 1.88 bits per heavy atom. The second-order valence-electron chi connectivity index (χ2n) is 8.21. The van der Waals surface area contributed by atoms with Crippen LogP contribution < -0.4 is 0 Å². The Morgan fingerprint density at radius 1 is 1.21 bits per heavy atom. The van der Waals surface area contributed by atoms with Gasteiger partial charge in [0, 0.05) is 37.2 Å². The first-order chi connectivity index (χ1) is 11.5. The molecule has 0 N–H and O–H groups in total. The van der Waals surface area contributed by atoms with Crippen molar-refractivity contribution in [1.82, 2.24) is 14.7 Å². The van der Waals surface area contributed by atoms with Gasteiger partial charge in [0.25, 0.3) is 0 Å². The lowest BCUT2D eigenvalue weighted by molar-refractivity contribution is -0.130. The molecule has 1 saturated heterocycles. The largest absolute Gasteiger partial charge is 0.300 e. The number of ketones is 1. The van der Waals surface area contributed by atoms with Crippen molar-refractivity contribution in [2.24, 2.45) is 11.8 Å². The van der Waals surface area contributed by atoms with Crippen LogP contribution in [-0.4, -0.2) is 39.6 Å². The van der Waals surface area contributed by atoms with E-state index in [0.717, 1.165) is 25.9 Å². The van der Waals surface area contributed by atoms with E-state index in [0.29, 0.717) is 29.7 Å². The summed E-state index contributed by atoms with van der Waals surface area (Å²) in [4.78, 5) is 14.7. The Balaban J connectivity index is 1.47. The molecule has 1 aliphatic carbocycles. The van der Waals surface area contributed by atoms with Crippen LogP contribution in [0.25, 0.3) is 0 Å². The van der Waals surface area contributed by atoms with E-state index in [1.165, 1.54) is 24.8 Å². The Bertz CT molecular complexity index is 551. The van der Waals surface area contributed by atoms with E-state index in [9.17, 15) is 4.79 Å². The molecular formula is C20H33N3O. The summed E-state index contributed by atoms with van der Waals surface area (Å²) in [5.74, 6) is 1.60. The van der Waals surface area contributed by atoms with E-state index in [4.69, 9.17) is 0 Å². The van der Waals surface area contributed by atoms with Gasteiger partial charge < -0.3 is 4.90 Å². The zero-order valence-electron chi connectivity index (χ0n) is 15.7. The molecule has 2 aliphatic rings. The van der Waals surface area contributed by atoms with Crippen LogP contribution in [0.15, 0.2) is 12.4 Å². The van der Waals surface area contributed by atoms with Crippen LogP contribution in [0.2, 0.25) is 0 Å². The number of likely N-dealkylation sites (tertiary alicyclic amines) is 1. The molecule has 1 aromatic heterocycles. The highest BCUT2D eigenvalue weighted by Crippen LogP contribution is 2.36. The van der Waals surface area contributed by atoms with Gasteiger partial charge in [-0.1, -0.05) is 27.7 Å². The first-order valence-electron chi connectivity index (χ1n) is 9.81. The zero-order valence-corrected chi connectivity index (χ0v) is 15.7. The number of nitrogens with zero attached hydrogens (tertiary/aromatic N) is 3. The number of hydrogen-bond acceptors (Lipinski definition) is 3. The Labute approximate surface area is 146 Å². The molecule has 1 aliphatic heterocycles. The fraction of sp³-hybridized carbons (Fsp3) is 0.800. The van der Waals surface area contributed by atoms with E-state index < -0.39 is 0 Å². The minimum absolute atomic E-state index is 0.196. The molecule has 1 atom stereocenters. The Kier molecular flexibility index (Phi) is 5.43. The molecule has 0 bridgehead atoms. The molecule has 0 aromatic carbocycles. The minimum atomic E-state index is 0.196. The third-order valence-corrected chi connectivity index (χ3v) is 6.28. The fourth-order valence-electron chi connectivity index (χ4n) is 4.15. The predicted octanol–water partition coefficient (Wildman–Crippen LogP) is 4.04. The first kappa shape index (κ1) is 17.7. The smallest absolute Gasteiger partial charge is 0.138 e. The monoisotopic (exact) mass is 331 g/mol. The van der Waals surface area contributed by atoms with Crippen LogP contribution in [0.1, 0.15) is 77.3 Å². The minimum Gasteiger partial charge on any atom is -0.300 e. The van der Waals surface area contributed by atoms with Gasteiger partial charge in [-0.3, -0.25) is 9.48 Å². The van der Waals surface area contributed by atoms with E-state index in [1.807, 2.05) is 13.8 Å². The summed E-state index contributed by atoms with van der Waals surface area (Å²) in [6, 6.07) is 1.19. The van der Waals surface area contributed by atoms with Gasteiger partial charge in [-0.25, -0.2) is 0 Å². The third-order valence-electron chi connectivity index (χ3n) is 6.28. The highest BCUT2D eigenvalue weighted by molar-refractivity contribution is 5.83. The van der Waals surface area contributed by atoms with Crippen molar-refractivity contribution in [2.75, 3.05) is 13.1 Å². The molecule has 2 fully saturated rings. The summed E-state index contributed by atoms with van der Waals surface area (Å²) < 4.78 is 2.20. The summed E-state index contributed by atoms with van der Waals surface area (Å²) in [6.07, 6.45) is 10.0. The second-order valence-corrected chi connectivity index (χ2v) is 8.21. The maximum absolute atomic E-state index is 12.0. The third kappa shape index (κ3) is 3.58. The number of aromatic nitrogens is 2. The summed E-state index contributed by atoms with van der Waals surface area (Å²) in [5.41, 5.74) is 1.37. The molecule has 0 amide bonds. The number of carbonyl (C=O) groups is 1. The van der Waals surface area contributed by atoms with Crippen molar-refractivity contribution in [3.63, 3.8) is 0 Å². The Hall–Kier alpha value is -1.16. The van der Waals surface area contributed by atoms with Gasteiger partial charge in [0.2, 0.25) is 0 Å². The molecule has 3 rings (SSSR count). The fourth-order valence-corrected chi connectivity index (χ4v) is 4.15. The maximum Gasteiger partial charge on any atom is 0.138 e. The van der Waals surface area contributed by atoms with Crippen molar-refractivity contribution in [3.8, 4) is 0 Å². The van der Waals surface area contributed by atoms with Gasteiger partial charge in [-0.2, -0.15) is 5.10 Å². The lowest BCUT2D eigenvalue weighted by Crippen LogP contribution is -2.50. The van der Waals surface area contributed by atoms with Crippen LogP contribution in [0.3, 0.4) is 0 Å². The molecule has 1 aromatic rings. The Morgan fingerprint density at radius 3 is 2.46 bits per heavy atom. The molecule has 4 heteroatoms. The van der Waals surface area contributed by atoms with Crippen LogP contribution in [0, 0.1) is 11.8 Å². The lowest BCUT2D eigenvalue weighted by Gasteiger charge is -2.45. The van der Waals surface area contributed by atoms with Crippen molar-refractivity contribution < 1.29 is 4.79 Å². The first-order valence-corrected chi connectivity index (χ1v) is 9.81. The van der Waals surface area contributed by atoms with Gasteiger partial charge in [0.05, 0.1) is 12.2 Å². The quantitative estimate of drug-likeness (QED) is 0.789. The molecule has 1 saturated carbocycles.